The Kier molecular flexibility index (Phi) is 3.54. The van der Waals surface area contributed by atoms with E-state index in [-0.39, 0.29) is 10.6 Å². The van der Waals surface area contributed by atoms with Gasteiger partial charge in [-0.05, 0) is 35.9 Å². The van der Waals surface area contributed by atoms with Crippen LogP contribution in [0, 0.1) is 0 Å². The third-order valence-corrected chi connectivity index (χ3v) is 4.46. The summed E-state index contributed by atoms with van der Waals surface area (Å²) in [7, 11) is -3.42. The largest absolute Gasteiger partial charge is 0.399 e. The maximum atomic E-state index is 12.1. The van der Waals surface area contributed by atoms with Crippen LogP contribution >= 0.6 is 11.6 Å². The van der Waals surface area contributed by atoms with Crippen molar-refractivity contribution in [2.24, 2.45) is 0 Å². The van der Waals surface area contributed by atoms with Crippen molar-refractivity contribution < 1.29 is 8.42 Å². The van der Waals surface area contributed by atoms with Gasteiger partial charge in [0.25, 0.3) is 0 Å². The lowest BCUT2D eigenvalue weighted by Crippen LogP contribution is -2.05. The third kappa shape index (κ3) is 2.80. The number of pyridine rings is 1. The number of hydrogen-bond acceptors (Lipinski definition) is 4. The Morgan fingerprint density at radius 2 is 1.83 bits per heavy atom. The summed E-state index contributed by atoms with van der Waals surface area (Å²) < 4.78 is 24.3. The molecule has 0 unspecified atom stereocenters. The standard InChI is InChI=1S/C12H11ClN2O2S/c13-12-7-15-6-5-9(12)8-18(16,17)11-3-1-10(14)2-4-11/h1-7H,8,14H2. The maximum absolute atomic E-state index is 12.1. The Balaban J connectivity index is 2.33. The lowest BCUT2D eigenvalue weighted by molar-refractivity contribution is 0.595. The second kappa shape index (κ2) is 4.96. The van der Waals surface area contributed by atoms with Gasteiger partial charge in [0.15, 0.2) is 9.84 Å². The zero-order chi connectivity index (χ0) is 13.2. The minimum atomic E-state index is -3.42. The molecule has 0 aliphatic carbocycles. The van der Waals surface area contributed by atoms with Gasteiger partial charge in [-0.15, -0.1) is 0 Å². The van der Waals surface area contributed by atoms with Crippen LogP contribution in [0.15, 0.2) is 47.6 Å². The van der Waals surface area contributed by atoms with Crippen LogP contribution in [0.25, 0.3) is 0 Å². The first-order chi connectivity index (χ1) is 8.49. The maximum Gasteiger partial charge on any atom is 0.182 e. The molecule has 0 amide bonds. The molecule has 0 atom stereocenters. The number of halogens is 1. The van der Waals surface area contributed by atoms with Gasteiger partial charge >= 0.3 is 0 Å². The summed E-state index contributed by atoms with van der Waals surface area (Å²) in [5, 5.41) is 0.344. The normalized spacial score (nSPS) is 11.4. The highest BCUT2D eigenvalue weighted by Gasteiger charge is 2.16. The number of rotatable bonds is 3. The van der Waals surface area contributed by atoms with Crippen LogP contribution in [0.2, 0.25) is 5.02 Å². The van der Waals surface area contributed by atoms with Crippen LogP contribution in [0.5, 0.6) is 0 Å². The second-order valence-corrected chi connectivity index (χ2v) is 6.19. The highest BCUT2D eigenvalue weighted by atomic mass is 35.5. The van der Waals surface area contributed by atoms with Gasteiger partial charge in [-0.2, -0.15) is 0 Å². The van der Waals surface area contributed by atoms with Crippen molar-refractivity contribution in [1.82, 2.24) is 4.98 Å². The minimum absolute atomic E-state index is 0.154. The van der Waals surface area contributed by atoms with Gasteiger partial charge in [0.05, 0.1) is 15.7 Å². The Labute approximate surface area is 110 Å². The lowest BCUT2D eigenvalue weighted by atomic mass is 10.3. The fraction of sp³-hybridized carbons (Fsp3) is 0.0833. The summed E-state index contributed by atoms with van der Waals surface area (Å²) >= 11 is 5.90. The Morgan fingerprint density at radius 1 is 1.17 bits per heavy atom. The van der Waals surface area contributed by atoms with Gasteiger partial charge in [0.2, 0.25) is 0 Å². The molecule has 1 heterocycles. The first-order valence-corrected chi connectivity index (χ1v) is 7.19. The van der Waals surface area contributed by atoms with E-state index in [2.05, 4.69) is 4.98 Å². The molecule has 2 N–H and O–H groups in total. The monoisotopic (exact) mass is 282 g/mol. The SMILES string of the molecule is Nc1ccc(S(=O)(=O)Cc2ccncc2Cl)cc1. The molecule has 0 spiro atoms. The average Bonchev–Trinajstić information content (AvgIpc) is 2.32. The number of nitrogen functional groups attached to an aromatic ring is 1. The first kappa shape index (κ1) is 12.9. The molecular weight excluding hydrogens is 272 g/mol. The third-order valence-electron chi connectivity index (χ3n) is 2.44. The summed E-state index contributed by atoms with van der Waals surface area (Å²) in [5.41, 5.74) is 6.58. The van der Waals surface area contributed by atoms with Gasteiger partial charge in [-0.3, -0.25) is 4.98 Å². The molecule has 2 rings (SSSR count). The van der Waals surface area contributed by atoms with E-state index in [0.717, 1.165) is 0 Å². The quantitative estimate of drug-likeness (QED) is 0.877. The number of anilines is 1. The molecule has 0 aliphatic rings. The smallest absolute Gasteiger partial charge is 0.182 e. The van der Waals surface area contributed by atoms with E-state index in [0.29, 0.717) is 16.3 Å². The molecule has 1 aromatic carbocycles. The Hall–Kier alpha value is -1.59. The van der Waals surface area contributed by atoms with Crippen LogP contribution in [-0.4, -0.2) is 13.4 Å². The number of sulfone groups is 1. The van der Waals surface area contributed by atoms with Crippen LogP contribution < -0.4 is 5.73 Å². The van der Waals surface area contributed by atoms with Crippen molar-refractivity contribution in [2.75, 3.05) is 5.73 Å². The molecule has 94 valence electrons. The molecule has 0 saturated carbocycles. The topological polar surface area (TPSA) is 73.1 Å². The highest BCUT2D eigenvalue weighted by molar-refractivity contribution is 7.90. The zero-order valence-corrected chi connectivity index (χ0v) is 10.9. The first-order valence-electron chi connectivity index (χ1n) is 5.16. The highest BCUT2D eigenvalue weighted by Crippen LogP contribution is 2.21. The van der Waals surface area contributed by atoms with Gasteiger partial charge in [0.1, 0.15) is 0 Å². The van der Waals surface area contributed by atoms with Crippen LogP contribution in [0.4, 0.5) is 5.69 Å². The molecule has 0 radical (unpaired) electrons. The van der Waals surface area contributed by atoms with Crippen LogP contribution in [0.3, 0.4) is 0 Å². The van der Waals surface area contributed by atoms with Crippen LogP contribution in [0.1, 0.15) is 5.56 Å². The summed E-state index contributed by atoms with van der Waals surface area (Å²) in [6, 6.07) is 7.68. The van der Waals surface area contributed by atoms with Crippen molar-refractivity contribution in [1.29, 1.82) is 0 Å². The van der Waals surface area contributed by atoms with Gasteiger partial charge in [0, 0.05) is 18.1 Å². The number of nitrogens with zero attached hydrogens (tertiary/aromatic N) is 1. The summed E-state index contributed by atoms with van der Waals surface area (Å²) in [5.74, 6) is -0.154. The van der Waals surface area contributed by atoms with E-state index < -0.39 is 9.84 Å². The molecule has 4 nitrogen and oxygen atoms in total. The molecular formula is C12H11ClN2O2S. The molecule has 0 aliphatic heterocycles. The predicted octanol–water partition coefficient (Wildman–Crippen LogP) is 2.29. The fourth-order valence-corrected chi connectivity index (χ4v) is 3.13. The fourth-order valence-electron chi connectivity index (χ4n) is 1.48. The Bertz CT molecular complexity index is 654. The molecule has 6 heteroatoms. The second-order valence-electron chi connectivity index (χ2n) is 3.80. The van der Waals surface area contributed by atoms with Crippen molar-refractivity contribution >= 4 is 27.1 Å². The number of nitrogens with two attached hydrogens (primary N) is 1. The van der Waals surface area contributed by atoms with E-state index >= 15 is 0 Å². The van der Waals surface area contributed by atoms with E-state index in [4.69, 9.17) is 17.3 Å². The van der Waals surface area contributed by atoms with E-state index in [1.54, 1.807) is 18.2 Å². The minimum Gasteiger partial charge on any atom is -0.399 e. The van der Waals surface area contributed by atoms with Gasteiger partial charge < -0.3 is 5.73 Å². The molecule has 0 saturated heterocycles. The zero-order valence-electron chi connectivity index (χ0n) is 9.38. The van der Waals surface area contributed by atoms with Crippen molar-refractivity contribution in [3.05, 3.63) is 53.3 Å². The molecule has 2 aromatic rings. The van der Waals surface area contributed by atoms with Crippen molar-refractivity contribution in [3.8, 4) is 0 Å². The number of aromatic nitrogens is 1. The Morgan fingerprint density at radius 3 is 2.44 bits per heavy atom. The van der Waals surface area contributed by atoms with E-state index in [9.17, 15) is 8.42 Å². The van der Waals surface area contributed by atoms with E-state index in [1.807, 2.05) is 0 Å². The molecule has 1 aromatic heterocycles. The summed E-state index contributed by atoms with van der Waals surface area (Å²) in [6.45, 7) is 0. The lowest BCUT2D eigenvalue weighted by Gasteiger charge is -2.06. The molecule has 0 fully saturated rings. The summed E-state index contributed by atoms with van der Waals surface area (Å²) in [4.78, 5) is 4.04. The van der Waals surface area contributed by atoms with Crippen molar-refractivity contribution in [3.63, 3.8) is 0 Å². The predicted molar refractivity (Wildman–Crippen MR) is 71.0 cm³/mol. The number of benzene rings is 1. The molecule has 18 heavy (non-hydrogen) atoms. The van der Waals surface area contributed by atoms with Gasteiger partial charge in [-0.25, -0.2) is 8.42 Å². The van der Waals surface area contributed by atoms with E-state index in [1.165, 1.54) is 24.5 Å². The molecule has 0 bridgehead atoms. The van der Waals surface area contributed by atoms with Crippen LogP contribution in [-0.2, 0) is 15.6 Å². The number of hydrogen-bond donors (Lipinski definition) is 1. The van der Waals surface area contributed by atoms with Gasteiger partial charge in [-0.1, -0.05) is 11.6 Å². The summed E-state index contributed by atoms with van der Waals surface area (Å²) in [6.07, 6.45) is 2.94. The average molecular weight is 283 g/mol. The van der Waals surface area contributed by atoms with Crippen molar-refractivity contribution in [2.45, 2.75) is 10.6 Å².